The summed E-state index contributed by atoms with van der Waals surface area (Å²) in [4.78, 5) is 4.37. The molecule has 0 spiro atoms. The van der Waals surface area contributed by atoms with Crippen LogP contribution in [0.2, 0.25) is 0 Å². The van der Waals surface area contributed by atoms with Gasteiger partial charge in [0.05, 0.1) is 6.26 Å². The average molecular weight is 244 g/mol. The summed E-state index contributed by atoms with van der Waals surface area (Å²) in [6, 6.07) is 8.35. The number of aromatic nitrogens is 1. The van der Waals surface area contributed by atoms with E-state index in [2.05, 4.69) is 30.2 Å². The second kappa shape index (κ2) is 6.36. The lowest BCUT2D eigenvalue weighted by Gasteiger charge is -2.19. The van der Waals surface area contributed by atoms with Crippen LogP contribution in [-0.2, 0) is 6.42 Å². The predicted octanol–water partition coefficient (Wildman–Crippen LogP) is 3.27. The van der Waals surface area contributed by atoms with Crippen molar-refractivity contribution in [3.63, 3.8) is 0 Å². The first-order valence-corrected chi connectivity index (χ1v) is 6.48. The number of hydrogen-bond acceptors (Lipinski definition) is 3. The summed E-state index contributed by atoms with van der Waals surface area (Å²) < 4.78 is 5.44. The minimum Gasteiger partial charge on any atom is -0.469 e. The van der Waals surface area contributed by atoms with Crippen LogP contribution >= 0.6 is 0 Å². The number of aryl methyl sites for hydroxylation is 1. The SMILES string of the molecule is CCCNC(Cc1ccco1)c1cccnc1C. The van der Waals surface area contributed by atoms with Crippen LogP contribution in [0, 0.1) is 6.92 Å². The van der Waals surface area contributed by atoms with Crippen molar-refractivity contribution in [1.29, 1.82) is 0 Å². The molecule has 2 rings (SSSR count). The Kier molecular flexibility index (Phi) is 4.53. The van der Waals surface area contributed by atoms with Gasteiger partial charge in [0.1, 0.15) is 5.76 Å². The smallest absolute Gasteiger partial charge is 0.105 e. The normalized spacial score (nSPS) is 12.6. The lowest BCUT2D eigenvalue weighted by molar-refractivity contribution is 0.447. The van der Waals surface area contributed by atoms with E-state index in [1.165, 1.54) is 5.56 Å². The molecule has 1 unspecified atom stereocenters. The Morgan fingerprint density at radius 3 is 2.89 bits per heavy atom. The minimum absolute atomic E-state index is 0.268. The van der Waals surface area contributed by atoms with Crippen molar-refractivity contribution in [2.45, 2.75) is 32.7 Å². The van der Waals surface area contributed by atoms with Gasteiger partial charge in [-0.15, -0.1) is 0 Å². The first-order chi connectivity index (χ1) is 8.81. The maximum atomic E-state index is 5.44. The third-order valence-corrected chi connectivity index (χ3v) is 3.05. The van der Waals surface area contributed by atoms with Crippen molar-refractivity contribution in [2.75, 3.05) is 6.54 Å². The zero-order chi connectivity index (χ0) is 12.8. The van der Waals surface area contributed by atoms with Gasteiger partial charge in [0.2, 0.25) is 0 Å². The summed E-state index contributed by atoms with van der Waals surface area (Å²) >= 11 is 0. The molecule has 1 N–H and O–H groups in total. The molecule has 96 valence electrons. The maximum absolute atomic E-state index is 5.44. The van der Waals surface area contributed by atoms with Crippen molar-refractivity contribution in [3.8, 4) is 0 Å². The number of furan rings is 1. The Balaban J connectivity index is 2.16. The van der Waals surface area contributed by atoms with E-state index in [4.69, 9.17) is 4.42 Å². The Morgan fingerprint density at radius 1 is 1.33 bits per heavy atom. The van der Waals surface area contributed by atoms with E-state index in [1.807, 2.05) is 24.4 Å². The van der Waals surface area contributed by atoms with Crippen LogP contribution in [0.25, 0.3) is 0 Å². The largest absolute Gasteiger partial charge is 0.469 e. The molecule has 0 saturated carbocycles. The van der Waals surface area contributed by atoms with E-state index in [1.54, 1.807) is 6.26 Å². The fraction of sp³-hybridized carbons (Fsp3) is 0.400. The van der Waals surface area contributed by atoms with Crippen LogP contribution in [0.5, 0.6) is 0 Å². The van der Waals surface area contributed by atoms with Gasteiger partial charge in [-0.3, -0.25) is 4.98 Å². The minimum atomic E-state index is 0.268. The van der Waals surface area contributed by atoms with Gasteiger partial charge in [0, 0.05) is 24.4 Å². The van der Waals surface area contributed by atoms with Crippen molar-refractivity contribution in [1.82, 2.24) is 10.3 Å². The van der Waals surface area contributed by atoms with E-state index in [-0.39, 0.29) is 6.04 Å². The predicted molar refractivity (Wildman–Crippen MR) is 72.4 cm³/mol. The Bertz CT molecular complexity index is 465. The highest BCUT2D eigenvalue weighted by atomic mass is 16.3. The molecule has 0 amide bonds. The van der Waals surface area contributed by atoms with Crippen LogP contribution in [0.15, 0.2) is 41.1 Å². The third kappa shape index (κ3) is 3.20. The van der Waals surface area contributed by atoms with Crippen LogP contribution in [0.3, 0.4) is 0 Å². The number of nitrogens with zero attached hydrogens (tertiary/aromatic N) is 1. The summed E-state index contributed by atoms with van der Waals surface area (Å²) in [5, 5.41) is 3.56. The molecule has 0 aliphatic carbocycles. The summed E-state index contributed by atoms with van der Waals surface area (Å²) in [7, 11) is 0. The quantitative estimate of drug-likeness (QED) is 0.847. The zero-order valence-corrected chi connectivity index (χ0v) is 11.0. The molecule has 0 aromatic carbocycles. The molecule has 3 heteroatoms. The van der Waals surface area contributed by atoms with Gasteiger partial charge < -0.3 is 9.73 Å². The molecular formula is C15H20N2O. The summed E-state index contributed by atoms with van der Waals surface area (Å²) in [6.45, 7) is 5.23. The molecular weight excluding hydrogens is 224 g/mol. The third-order valence-electron chi connectivity index (χ3n) is 3.05. The lowest BCUT2D eigenvalue weighted by Crippen LogP contribution is -2.24. The highest BCUT2D eigenvalue weighted by molar-refractivity contribution is 5.24. The van der Waals surface area contributed by atoms with E-state index in [0.717, 1.165) is 30.8 Å². The second-order valence-corrected chi connectivity index (χ2v) is 4.47. The van der Waals surface area contributed by atoms with Gasteiger partial charge in [-0.05, 0) is 43.7 Å². The summed E-state index contributed by atoms with van der Waals surface area (Å²) in [5.41, 5.74) is 2.33. The van der Waals surface area contributed by atoms with Crippen LogP contribution in [-0.4, -0.2) is 11.5 Å². The Hall–Kier alpha value is -1.61. The van der Waals surface area contributed by atoms with E-state index in [0.29, 0.717) is 0 Å². The highest BCUT2D eigenvalue weighted by Gasteiger charge is 2.15. The van der Waals surface area contributed by atoms with Gasteiger partial charge in [0.15, 0.2) is 0 Å². The first-order valence-electron chi connectivity index (χ1n) is 6.48. The Morgan fingerprint density at radius 2 is 2.22 bits per heavy atom. The summed E-state index contributed by atoms with van der Waals surface area (Å²) in [5.74, 6) is 1.01. The molecule has 1 atom stereocenters. The molecule has 0 aliphatic rings. The lowest BCUT2D eigenvalue weighted by atomic mass is 10.0. The molecule has 18 heavy (non-hydrogen) atoms. The first kappa shape index (κ1) is 12.8. The molecule has 2 aromatic rings. The molecule has 0 aliphatic heterocycles. The fourth-order valence-electron chi connectivity index (χ4n) is 2.11. The number of pyridine rings is 1. The molecule has 3 nitrogen and oxygen atoms in total. The van der Waals surface area contributed by atoms with Gasteiger partial charge in [-0.1, -0.05) is 13.0 Å². The van der Waals surface area contributed by atoms with Gasteiger partial charge in [0.25, 0.3) is 0 Å². The standard InChI is InChI=1S/C15H20N2O/c1-3-8-17-15(11-13-6-5-10-18-13)14-7-4-9-16-12(14)2/h4-7,9-10,15,17H,3,8,11H2,1-2H3. The molecule has 0 saturated heterocycles. The maximum Gasteiger partial charge on any atom is 0.105 e. The fourth-order valence-corrected chi connectivity index (χ4v) is 2.11. The second-order valence-electron chi connectivity index (χ2n) is 4.47. The van der Waals surface area contributed by atoms with Gasteiger partial charge in [-0.25, -0.2) is 0 Å². The Labute approximate surface area is 108 Å². The molecule has 0 radical (unpaired) electrons. The topological polar surface area (TPSA) is 38.1 Å². The van der Waals surface area contributed by atoms with Crippen molar-refractivity contribution in [2.24, 2.45) is 0 Å². The zero-order valence-electron chi connectivity index (χ0n) is 11.0. The van der Waals surface area contributed by atoms with Crippen LogP contribution in [0.1, 0.15) is 36.4 Å². The molecule has 0 bridgehead atoms. The van der Waals surface area contributed by atoms with E-state index >= 15 is 0 Å². The number of nitrogens with one attached hydrogen (secondary N) is 1. The average Bonchev–Trinajstić information content (AvgIpc) is 2.88. The van der Waals surface area contributed by atoms with Crippen LogP contribution < -0.4 is 5.32 Å². The van der Waals surface area contributed by atoms with Crippen LogP contribution in [0.4, 0.5) is 0 Å². The summed E-state index contributed by atoms with van der Waals surface area (Å²) in [6.07, 6.45) is 5.54. The van der Waals surface area contributed by atoms with Gasteiger partial charge in [-0.2, -0.15) is 0 Å². The highest BCUT2D eigenvalue weighted by Crippen LogP contribution is 2.20. The molecule has 2 aromatic heterocycles. The molecule has 2 heterocycles. The monoisotopic (exact) mass is 244 g/mol. The van der Waals surface area contributed by atoms with Gasteiger partial charge >= 0.3 is 0 Å². The van der Waals surface area contributed by atoms with Crippen molar-refractivity contribution >= 4 is 0 Å². The van der Waals surface area contributed by atoms with E-state index < -0.39 is 0 Å². The molecule has 0 fully saturated rings. The van der Waals surface area contributed by atoms with E-state index in [9.17, 15) is 0 Å². The van der Waals surface area contributed by atoms with Crippen molar-refractivity contribution in [3.05, 3.63) is 53.7 Å². The number of hydrogen-bond donors (Lipinski definition) is 1. The number of rotatable bonds is 6. The van der Waals surface area contributed by atoms with Crippen molar-refractivity contribution < 1.29 is 4.42 Å².